The Morgan fingerprint density at radius 2 is 2.00 bits per heavy atom. The molecule has 0 aliphatic rings. The number of aromatic nitrogens is 3. The molecule has 2 N–H and O–H groups in total. The van der Waals surface area contributed by atoms with Gasteiger partial charge in [-0.25, -0.2) is 4.68 Å². The minimum absolute atomic E-state index is 0.775. The number of benzene rings is 1. The molecule has 2 rings (SSSR count). The molecule has 0 amide bonds. The molecule has 2 aromatic rings. The molecule has 0 atom stereocenters. The molecule has 0 aliphatic heterocycles. The lowest BCUT2D eigenvalue weighted by Crippen LogP contribution is -1.91. The van der Waals surface area contributed by atoms with E-state index in [2.05, 4.69) is 10.3 Å². The molecular weight excluding hydrogens is 196 g/mol. The van der Waals surface area contributed by atoms with E-state index < -0.39 is 0 Å². The van der Waals surface area contributed by atoms with Crippen LogP contribution >= 0.6 is 11.8 Å². The van der Waals surface area contributed by atoms with Gasteiger partial charge in [-0.1, -0.05) is 17.0 Å². The van der Waals surface area contributed by atoms with E-state index in [1.807, 2.05) is 31.3 Å². The second kappa shape index (κ2) is 3.71. The number of nitrogens with two attached hydrogens (primary N) is 1. The van der Waals surface area contributed by atoms with E-state index in [0.717, 1.165) is 15.6 Å². The molecule has 1 heterocycles. The summed E-state index contributed by atoms with van der Waals surface area (Å²) in [4.78, 5) is 1.13. The Labute approximate surface area is 86.1 Å². The van der Waals surface area contributed by atoms with E-state index in [9.17, 15) is 0 Å². The van der Waals surface area contributed by atoms with Gasteiger partial charge in [0.15, 0.2) is 0 Å². The standard InChI is InChI=1S/C9H10N4S/c1-13-9(6-11-12-13)14-8-4-2-7(10)3-5-8/h2-6H,10H2,1H3. The van der Waals surface area contributed by atoms with Crippen LogP contribution in [0, 0.1) is 0 Å². The van der Waals surface area contributed by atoms with E-state index in [4.69, 9.17) is 5.73 Å². The third kappa shape index (κ3) is 1.88. The van der Waals surface area contributed by atoms with Crippen LogP contribution < -0.4 is 5.73 Å². The van der Waals surface area contributed by atoms with E-state index in [0.29, 0.717) is 0 Å². The molecule has 14 heavy (non-hydrogen) atoms. The van der Waals surface area contributed by atoms with Crippen molar-refractivity contribution in [3.63, 3.8) is 0 Å². The first-order chi connectivity index (χ1) is 6.75. The summed E-state index contributed by atoms with van der Waals surface area (Å²) in [5.74, 6) is 0. The van der Waals surface area contributed by atoms with Gasteiger partial charge < -0.3 is 5.73 Å². The van der Waals surface area contributed by atoms with Crippen molar-refractivity contribution < 1.29 is 0 Å². The molecular formula is C9H10N4S. The van der Waals surface area contributed by atoms with E-state index in [1.54, 1.807) is 22.6 Å². The van der Waals surface area contributed by atoms with Gasteiger partial charge in [0.25, 0.3) is 0 Å². The fraction of sp³-hybridized carbons (Fsp3) is 0.111. The highest BCUT2D eigenvalue weighted by Crippen LogP contribution is 2.26. The Balaban J connectivity index is 2.19. The molecule has 0 aliphatic carbocycles. The van der Waals surface area contributed by atoms with Crippen LogP contribution in [0.5, 0.6) is 0 Å². The average molecular weight is 206 g/mol. The highest BCUT2D eigenvalue weighted by molar-refractivity contribution is 7.99. The largest absolute Gasteiger partial charge is 0.399 e. The Hall–Kier alpha value is -1.49. The van der Waals surface area contributed by atoms with Gasteiger partial charge in [-0.05, 0) is 24.3 Å². The highest BCUT2D eigenvalue weighted by atomic mass is 32.2. The van der Waals surface area contributed by atoms with Crippen molar-refractivity contribution in [1.82, 2.24) is 15.0 Å². The fourth-order valence-corrected chi connectivity index (χ4v) is 1.81. The van der Waals surface area contributed by atoms with E-state index in [-0.39, 0.29) is 0 Å². The van der Waals surface area contributed by atoms with Gasteiger partial charge in [0, 0.05) is 17.6 Å². The van der Waals surface area contributed by atoms with Gasteiger partial charge in [0.05, 0.1) is 6.20 Å². The van der Waals surface area contributed by atoms with E-state index in [1.165, 1.54) is 0 Å². The zero-order valence-electron chi connectivity index (χ0n) is 7.71. The number of nitrogens with zero attached hydrogens (tertiary/aromatic N) is 3. The number of aryl methyl sites for hydroxylation is 1. The van der Waals surface area contributed by atoms with Crippen LogP contribution in [0.15, 0.2) is 40.4 Å². The van der Waals surface area contributed by atoms with Gasteiger partial charge in [0.2, 0.25) is 0 Å². The van der Waals surface area contributed by atoms with Gasteiger partial charge in [-0.3, -0.25) is 0 Å². The maximum absolute atomic E-state index is 5.59. The van der Waals surface area contributed by atoms with Crippen molar-refractivity contribution >= 4 is 17.4 Å². The second-order valence-corrected chi connectivity index (χ2v) is 3.96. The third-order valence-corrected chi connectivity index (χ3v) is 2.86. The molecule has 0 radical (unpaired) electrons. The smallest absolute Gasteiger partial charge is 0.119 e. The van der Waals surface area contributed by atoms with Gasteiger partial charge in [0.1, 0.15) is 5.03 Å². The molecule has 0 spiro atoms. The second-order valence-electron chi connectivity index (χ2n) is 2.87. The minimum atomic E-state index is 0.775. The first-order valence-electron chi connectivity index (χ1n) is 4.14. The Kier molecular flexibility index (Phi) is 2.41. The first-order valence-corrected chi connectivity index (χ1v) is 4.95. The predicted octanol–water partition coefficient (Wildman–Crippen LogP) is 1.55. The third-order valence-electron chi connectivity index (χ3n) is 1.78. The number of rotatable bonds is 2. The topological polar surface area (TPSA) is 56.7 Å². The zero-order valence-corrected chi connectivity index (χ0v) is 8.53. The lowest BCUT2D eigenvalue weighted by molar-refractivity contribution is 0.665. The molecule has 72 valence electrons. The Morgan fingerprint density at radius 3 is 2.57 bits per heavy atom. The maximum Gasteiger partial charge on any atom is 0.119 e. The summed E-state index contributed by atoms with van der Waals surface area (Å²) in [6.45, 7) is 0. The van der Waals surface area contributed by atoms with Crippen LogP contribution in [0.2, 0.25) is 0 Å². The highest BCUT2D eigenvalue weighted by Gasteiger charge is 2.01. The number of anilines is 1. The monoisotopic (exact) mass is 206 g/mol. The van der Waals surface area contributed by atoms with Crippen LogP contribution in [-0.2, 0) is 7.05 Å². The zero-order chi connectivity index (χ0) is 9.97. The van der Waals surface area contributed by atoms with Crippen molar-refractivity contribution in [3.05, 3.63) is 30.5 Å². The van der Waals surface area contributed by atoms with Gasteiger partial charge in [-0.2, -0.15) is 0 Å². The van der Waals surface area contributed by atoms with Crippen molar-refractivity contribution in [2.45, 2.75) is 9.92 Å². The van der Waals surface area contributed by atoms with Crippen molar-refractivity contribution in [2.75, 3.05) is 5.73 Å². The summed E-state index contributed by atoms with van der Waals surface area (Å²) in [6, 6.07) is 7.72. The van der Waals surface area contributed by atoms with Gasteiger partial charge >= 0.3 is 0 Å². The van der Waals surface area contributed by atoms with Crippen LogP contribution in [0.3, 0.4) is 0 Å². The van der Waals surface area contributed by atoms with Crippen LogP contribution in [0.25, 0.3) is 0 Å². The normalized spacial score (nSPS) is 10.4. The summed E-state index contributed by atoms with van der Waals surface area (Å²) in [6.07, 6.45) is 1.74. The van der Waals surface area contributed by atoms with E-state index >= 15 is 0 Å². The van der Waals surface area contributed by atoms with Crippen molar-refractivity contribution in [3.8, 4) is 0 Å². The fourth-order valence-electron chi connectivity index (χ4n) is 1.03. The summed E-state index contributed by atoms with van der Waals surface area (Å²) in [7, 11) is 1.87. The molecule has 0 unspecified atom stereocenters. The number of hydrogen-bond acceptors (Lipinski definition) is 4. The molecule has 0 bridgehead atoms. The lowest BCUT2D eigenvalue weighted by atomic mass is 10.3. The molecule has 1 aromatic heterocycles. The summed E-state index contributed by atoms with van der Waals surface area (Å²) >= 11 is 1.61. The van der Waals surface area contributed by atoms with Crippen LogP contribution in [-0.4, -0.2) is 15.0 Å². The molecule has 1 aromatic carbocycles. The Morgan fingerprint density at radius 1 is 1.29 bits per heavy atom. The number of nitrogen functional groups attached to an aromatic ring is 1. The Bertz CT molecular complexity index is 421. The average Bonchev–Trinajstić information content (AvgIpc) is 2.56. The number of hydrogen-bond donors (Lipinski definition) is 1. The molecule has 0 saturated carbocycles. The molecule has 5 heteroatoms. The molecule has 4 nitrogen and oxygen atoms in total. The quantitative estimate of drug-likeness (QED) is 0.757. The van der Waals surface area contributed by atoms with Crippen LogP contribution in [0.4, 0.5) is 5.69 Å². The minimum Gasteiger partial charge on any atom is -0.399 e. The predicted molar refractivity (Wildman–Crippen MR) is 56.0 cm³/mol. The van der Waals surface area contributed by atoms with Crippen LogP contribution in [0.1, 0.15) is 0 Å². The lowest BCUT2D eigenvalue weighted by Gasteiger charge is -2.00. The first kappa shape index (κ1) is 9.08. The summed E-state index contributed by atoms with van der Waals surface area (Å²) in [5, 5.41) is 8.66. The SMILES string of the molecule is Cn1nncc1Sc1ccc(N)cc1. The summed E-state index contributed by atoms with van der Waals surface area (Å²) in [5.41, 5.74) is 6.37. The maximum atomic E-state index is 5.59. The van der Waals surface area contributed by atoms with Crippen molar-refractivity contribution in [1.29, 1.82) is 0 Å². The summed E-state index contributed by atoms with van der Waals surface area (Å²) < 4.78 is 1.74. The van der Waals surface area contributed by atoms with Crippen molar-refractivity contribution in [2.24, 2.45) is 7.05 Å². The molecule has 0 saturated heterocycles. The molecule has 0 fully saturated rings. The van der Waals surface area contributed by atoms with Gasteiger partial charge in [-0.15, -0.1) is 5.10 Å².